The zero-order chi connectivity index (χ0) is 24.3. The number of carbonyl (C=O) groups excluding carboxylic acids is 2. The summed E-state index contributed by atoms with van der Waals surface area (Å²) in [7, 11) is 1.68. The van der Waals surface area contributed by atoms with Gasteiger partial charge >= 0.3 is 0 Å². The Balaban J connectivity index is 2.01. The minimum absolute atomic E-state index is 0.0955. The lowest BCUT2D eigenvalue weighted by molar-refractivity contribution is -0.119. The smallest absolute Gasteiger partial charge is 0.162 e. The number of nitrogens with zero attached hydrogens (tertiary/aromatic N) is 1. The van der Waals surface area contributed by atoms with E-state index in [1.54, 1.807) is 7.11 Å². The molecule has 5 nitrogen and oxygen atoms in total. The first-order valence-corrected chi connectivity index (χ1v) is 12.9. The summed E-state index contributed by atoms with van der Waals surface area (Å²) < 4.78 is 6.49. The number of phenols is 1. The van der Waals surface area contributed by atoms with Gasteiger partial charge in [0.15, 0.2) is 11.6 Å². The number of phenolic OH excluding ortho intramolecular Hbond substituents is 1. The fourth-order valence-electron chi connectivity index (χ4n) is 5.59. The van der Waals surface area contributed by atoms with E-state index in [2.05, 4.69) is 64.5 Å². The third-order valence-electron chi connectivity index (χ3n) is 6.91. The minimum atomic E-state index is -0.436. The largest absolute Gasteiger partial charge is 0.506 e. The van der Waals surface area contributed by atoms with E-state index >= 15 is 0 Å². The minimum Gasteiger partial charge on any atom is -0.506 e. The molecule has 3 aliphatic rings. The molecule has 33 heavy (non-hydrogen) atoms. The van der Waals surface area contributed by atoms with Gasteiger partial charge in [0, 0.05) is 55.0 Å². The summed E-state index contributed by atoms with van der Waals surface area (Å²) in [5, 5.41) is 10.3. The number of aromatic hydroxyl groups is 1. The number of halogens is 2. The molecule has 0 bridgehead atoms. The molecule has 1 N–H and O–H groups in total. The van der Waals surface area contributed by atoms with Gasteiger partial charge < -0.3 is 14.7 Å². The van der Waals surface area contributed by atoms with Crippen LogP contribution < -0.4 is 0 Å². The van der Waals surface area contributed by atoms with Crippen LogP contribution in [0.4, 0.5) is 0 Å². The summed E-state index contributed by atoms with van der Waals surface area (Å²) in [6, 6.07) is 3.68. The molecule has 0 saturated heterocycles. The van der Waals surface area contributed by atoms with Crippen LogP contribution in [0.5, 0.6) is 5.75 Å². The fourth-order valence-corrected chi connectivity index (χ4v) is 6.81. The Morgan fingerprint density at radius 3 is 1.82 bits per heavy atom. The zero-order valence-electron chi connectivity index (χ0n) is 19.8. The van der Waals surface area contributed by atoms with Crippen LogP contribution in [0.15, 0.2) is 43.6 Å². The first-order valence-electron chi connectivity index (χ1n) is 11.3. The zero-order valence-corrected chi connectivity index (χ0v) is 23.0. The van der Waals surface area contributed by atoms with E-state index in [-0.39, 0.29) is 28.1 Å². The van der Waals surface area contributed by atoms with Gasteiger partial charge in [0.2, 0.25) is 0 Å². The van der Waals surface area contributed by atoms with E-state index in [4.69, 9.17) is 4.74 Å². The Labute approximate surface area is 212 Å². The lowest BCUT2D eigenvalue weighted by Crippen LogP contribution is -2.45. The first kappa shape index (κ1) is 24.7. The van der Waals surface area contributed by atoms with Crippen molar-refractivity contribution < 1.29 is 19.4 Å². The Bertz CT molecular complexity index is 1020. The maximum atomic E-state index is 13.7. The number of carbonyl (C=O) groups is 2. The summed E-state index contributed by atoms with van der Waals surface area (Å²) in [5.41, 5.74) is 4.00. The monoisotopic (exact) mass is 579 g/mol. The van der Waals surface area contributed by atoms with E-state index in [1.807, 2.05) is 12.1 Å². The maximum Gasteiger partial charge on any atom is 0.162 e. The molecule has 0 atom stereocenters. The van der Waals surface area contributed by atoms with E-state index < -0.39 is 5.92 Å². The number of benzene rings is 1. The van der Waals surface area contributed by atoms with Gasteiger partial charge in [-0.3, -0.25) is 9.59 Å². The fraction of sp³-hybridized carbons (Fsp3) is 0.538. The van der Waals surface area contributed by atoms with E-state index in [9.17, 15) is 14.7 Å². The highest BCUT2D eigenvalue weighted by atomic mass is 79.9. The van der Waals surface area contributed by atoms with Gasteiger partial charge in [-0.05, 0) is 73.2 Å². The summed E-state index contributed by atoms with van der Waals surface area (Å²) >= 11 is 6.89. The standard InChI is InChI=1S/C26H31Br2NO4/c1-25(2)10-17-22(19(30)12-25)21(14-8-15(27)24(32)16(28)9-14)23-18(29(17)6-7-33-5)11-26(3,4)13-20(23)31/h8-9,21,32H,6-7,10-13H2,1-5H3. The SMILES string of the molecule is COCCN1C2=C(C(=O)CC(C)(C)C2)C(c2cc(Br)c(O)c(Br)c2)C2=C1CC(C)(C)CC2=O. The van der Waals surface area contributed by atoms with Crippen molar-refractivity contribution in [3.63, 3.8) is 0 Å². The number of hydrogen-bond donors (Lipinski definition) is 1. The van der Waals surface area contributed by atoms with Gasteiger partial charge in [0.1, 0.15) is 5.75 Å². The molecule has 0 fully saturated rings. The topological polar surface area (TPSA) is 66.8 Å². The average molecular weight is 581 g/mol. The highest BCUT2D eigenvalue weighted by Crippen LogP contribution is 2.55. The molecule has 0 saturated carbocycles. The predicted octanol–water partition coefficient (Wildman–Crippen LogP) is 6.25. The molecule has 0 aromatic heterocycles. The number of Topliss-reactive ketones (excluding diaryl/α,β-unsaturated/α-hetero) is 2. The Kier molecular flexibility index (Phi) is 6.47. The highest BCUT2D eigenvalue weighted by Gasteiger charge is 2.49. The van der Waals surface area contributed by atoms with Crippen molar-refractivity contribution in [3.05, 3.63) is 49.2 Å². The lowest BCUT2D eigenvalue weighted by Gasteiger charge is -2.49. The highest BCUT2D eigenvalue weighted by molar-refractivity contribution is 9.11. The van der Waals surface area contributed by atoms with Crippen LogP contribution in [-0.4, -0.2) is 41.8 Å². The number of methoxy groups -OCH3 is 1. The van der Waals surface area contributed by atoms with Crippen molar-refractivity contribution in [2.24, 2.45) is 10.8 Å². The second-order valence-corrected chi connectivity index (χ2v) is 12.7. The maximum absolute atomic E-state index is 13.7. The number of hydrogen-bond acceptors (Lipinski definition) is 5. The number of allylic oxidation sites excluding steroid dienone is 4. The van der Waals surface area contributed by atoms with Crippen LogP contribution in [0.1, 0.15) is 64.9 Å². The molecule has 178 valence electrons. The molecule has 1 aromatic rings. The lowest BCUT2D eigenvalue weighted by atomic mass is 9.63. The van der Waals surface area contributed by atoms with E-state index in [1.165, 1.54) is 0 Å². The normalized spacial score (nSPS) is 22.6. The van der Waals surface area contributed by atoms with E-state index in [0.29, 0.717) is 34.9 Å². The third-order valence-corrected chi connectivity index (χ3v) is 8.12. The van der Waals surface area contributed by atoms with Crippen molar-refractivity contribution in [1.29, 1.82) is 0 Å². The summed E-state index contributed by atoms with van der Waals surface area (Å²) in [6.07, 6.45) is 2.42. The molecular weight excluding hydrogens is 550 g/mol. The van der Waals surface area contributed by atoms with Crippen LogP contribution in [0, 0.1) is 10.8 Å². The summed E-state index contributed by atoms with van der Waals surface area (Å²) in [4.78, 5) is 29.6. The number of ketones is 2. The molecular formula is C26H31Br2NO4. The second-order valence-electron chi connectivity index (χ2n) is 11.0. The van der Waals surface area contributed by atoms with Crippen LogP contribution in [-0.2, 0) is 14.3 Å². The molecule has 1 aromatic carbocycles. The van der Waals surface area contributed by atoms with E-state index in [0.717, 1.165) is 40.9 Å². The summed E-state index contributed by atoms with van der Waals surface area (Å²) in [6.45, 7) is 9.64. The van der Waals surface area contributed by atoms with Crippen molar-refractivity contribution in [2.75, 3.05) is 20.3 Å². The molecule has 0 spiro atoms. The third kappa shape index (κ3) is 4.48. The molecule has 2 aliphatic carbocycles. The number of rotatable bonds is 4. The van der Waals surface area contributed by atoms with Crippen molar-refractivity contribution in [1.82, 2.24) is 4.90 Å². The molecule has 0 unspecified atom stereocenters. The Morgan fingerprint density at radius 1 is 0.939 bits per heavy atom. The first-order chi connectivity index (χ1) is 15.3. The molecule has 4 rings (SSSR count). The molecule has 7 heteroatoms. The van der Waals surface area contributed by atoms with Crippen molar-refractivity contribution in [2.45, 2.75) is 59.3 Å². The van der Waals surface area contributed by atoms with Crippen molar-refractivity contribution >= 4 is 43.4 Å². The van der Waals surface area contributed by atoms with Crippen LogP contribution in [0.3, 0.4) is 0 Å². The van der Waals surface area contributed by atoms with Gasteiger partial charge in [-0.25, -0.2) is 0 Å². The van der Waals surface area contributed by atoms with Crippen LogP contribution >= 0.6 is 31.9 Å². The van der Waals surface area contributed by atoms with Gasteiger partial charge in [-0.15, -0.1) is 0 Å². The predicted molar refractivity (Wildman–Crippen MR) is 135 cm³/mol. The van der Waals surface area contributed by atoms with Gasteiger partial charge in [-0.1, -0.05) is 27.7 Å². The number of ether oxygens (including phenoxy) is 1. The van der Waals surface area contributed by atoms with Crippen molar-refractivity contribution in [3.8, 4) is 5.75 Å². The van der Waals surface area contributed by atoms with Crippen LogP contribution in [0.25, 0.3) is 0 Å². The molecule has 1 aliphatic heterocycles. The van der Waals surface area contributed by atoms with Gasteiger partial charge in [0.25, 0.3) is 0 Å². The average Bonchev–Trinajstić information content (AvgIpc) is 2.68. The molecule has 1 heterocycles. The van der Waals surface area contributed by atoms with Crippen LogP contribution in [0.2, 0.25) is 0 Å². The Hall–Kier alpha value is -1.44. The molecule has 0 radical (unpaired) electrons. The quantitative estimate of drug-likeness (QED) is 0.456. The summed E-state index contributed by atoms with van der Waals surface area (Å²) in [5.74, 6) is -0.141. The molecule has 0 amide bonds. The van der Waals surface area contributed by atoms with Gasteiger partial charge in [-0.2, -0.15) is 0 Å². The van der Waals surface area contributed by atoms with Gasteiger partial charge in [0.05, 0.1) is 15.6 Å². The Morgan fingerprint density at radius 2 is 1.39 bits per heavy atom. The second kappa shape index (κ2) is 8.65.